The fourth-order valence-corrected chi connectivity index (χ4v) is 8.15. The van der Waals surface area contributed by atoms with Gasteiger partial charge in [0.15, 0.2) is 5.75 Å². The Morgan fingerprint density at radius 3 is 1.75 bits per heavy atom. The molecule has 0 fully saturated rings. The molecule has 0 aliphatic heterocycles. The number of phenols is 1. The first-order valence-electron chi connectivity index (χ1n) is 16.0. The third kappa shape index (κ3) is 12.3. The van der Waals surface area contributed by atoms with Crippen LogP contribution < -0.4 is 19.6 Å². The molecule has 0 atom stereocenters. The maximum absolute atomic E-state index is 13.2. The number of carbonyl (C=O) groups excluding carboxylic acids is 1. The van der Waals surface area contributed by atoms with Crippen LogP contribution in [0.3, 0.4) is 0 Å². The molecule has 0 unspecified atom stereocenters. The topological polar surface area (TPSA) is 302 Å². The Morgan fingerprint density at radius 1 is 0.607 bits per heavy atom. The fourth-order valence-electron chi connectivity index (χ4n) is 5.59. The number of amides is 2. The van der Waals surface area contributed by atoms with Crippen molar-refractivity contribution < 1.29 is 66.2 Å². The predicted octanol–water partition coefficient (Wildman–Crippen LogP) is 5.44. The van der Waals surface area contributed by atoms with Crippen LogP contribution in [0.4, 0.5) is 27.5 Å². The van der Waals surface area contributed by atoms with Crippen LogP contribution in [0.5, 0.6) is 17.2 Å². The number of urea groups is 1. The third-order valence-corrected chi connectivity index (χ3v) is 12.0. The minimum absolute atomic E-state index is 0. The summed E-state index contributed by atoms with van der Waals surface area (Å²) in [6, 6.07) is 18.0. The van der Waals surface area contributed by atoms with Crippen molar-refractivity contribution in [3.05, 3.63) is 103 Å². The molecule has 0 aromatic heterocycles. The van der Waals surface area contributed by atoms with Crippen LogP contribution in [-0.4, -0.2) is 154 Å². The van der Waals surface area contributed by atoms with Crippen LogP contribution in [0.25, 0.3) is 21.5 Å². The second-order valence-electron chi connectivity index (χ2n) is 12.2. The van der Waals surface area contributed by atoms with E-state index in [1.165, 1.54) is 67.8 Å². The number of azo groups is 1. The number of methoxy groups -OCH3 is 1. The molecule has 19 nitrogen and oxygen atoms in total. The van der Waals surface area contributed by atoms with E-state index in [1.54, 1.807) is 6.92 Å². The van der Waals surface area contributed by atoms with Crippen molar-refractivity contribution in [2.75, 3.05) is 17.7 Å². The van der Waals surface area contributed by atoms with E-state index in [0.29, 0.717) is 11.6 Å². The summed E-state index contributed by atoms with van der Waals surface area (Å²) in [5, 5.41) is 23.4. The molecule has 2 amide bonds. The van der Waals surface area contributed by atoms with Gasteiger partial charge >= 0.3 is 16.1 Å². The summed E-state index contributed by atoms with van der Waals surface area (Å²) in [5.41, 5.74) is 0.248. The summed E-state index contributed by atoms with van der Waals surface area (Å²) in [5.74, 6) is -1.09. The number of anilines is 2. The number of phenolic OH excluding ortho intramolecular Hbond substituents is 1. The van der Waals surface area contributed by atoms with Crippen molar-refractivity contribution in [2.45, 2.75) is 26.5 Å². The minimum atomic E-state index is -5.04. The molecule has 3 radical (unpaired) electrons. The Morgan fingerprint density at radius 2 is 1.16 bits per heavy atom. The summed E-state index contributed by atoms with van der Waals surface area (Å²) in [6.07, 6.45) is 0. The van der Waals surface area contributed by atoms with Gasteiger partial charge in [-0.1, -0.05) is 18.2 Å². The summed E-state index contributed by atoms with van der Waals surface area (Å²) < 4.78 is 139. The molecule has 6 aromatic carbocycles. The number of carbonyl (C=O) groups is 1. The molecule has 6 N–H and O–H groups in total. The smallest absolute Gasteiger partial charge is 0.339 e. The van der Waals surface area contributed by atoms with Crippen molar-refractivity contribution in [2.24, 2.45) is 10.2 Å². The Labute approximate surface area is 415 Å². The summed E-state index contributed by atoms with van der Waals surface area (Å²) in [6.45, 7) is 1.55. The standard InChI is InChI=1S/C35H28N4O15S4.3Na/c1-19-10-29(37-35(41)36-22-8-9-27-20(11-22)12-25(16-31(27)40)56(45,46)47)32(53-2)18-28(19)38-39-30-15-24(55(42,43)44)13-21-14-26(57(48,49)50)17-33(34(21)30)54-58(51,52)23-6-4-3-5-7-23;;;/h3-18,40H,1-2H3,(H2,36,37,41)(H,42,43,44)(H,45,46,47)(H,48,49,50);;;. The van der Waals surface area contributed by atoms with Gasteiger partial charge < -0.3 is 24.7 Å². The van der Waals surface area contributed by atoms with Crippen LogP contribution in [0.1, 0.15) is 5.56 Å². The van der Waals surface area contributed by atoms with Gasteiger partial charge in [0, 0.05) is 118 Å². The molecular weight excluding hydrogens is 914 g/mol. The van der Waals surface area contributed by atoms with Gasteiger partial charge in [-0.15, -0.1) is 5.11 Å². The number of benzene rings is 6. The number of fused-ring (bicyclic) bond motifs is 2. The molecule has 26 heteroatoms. The van der Waals surface area contributed by atoms with E-state index < -0.39 is 78.4 Å². The largest absolute Gasteiger partial charge is 0.507 e. The minimum Gasteiger partial charge on any atom is -0.507 e. The monoisotopic (exact) mass is 941 g/mol. The van der Waals surface area contributed by atoms with Gasteiger partial charge in [-0.05, 0) is 83.9 Å². The molecule has 0 bridgehead atoms. The van der Waals surface area contributed by atoms with E-state index in [0.717, 1.165) is 30.3 Å². The van der Waals surface area contributed by atoms with Gasteiger partial charge in [0.2, 0.25) is 0 Å². The molecule has 0 spiro atoms. The number of aryl methyl sites for hydroxylation is 1. The molecule has 6 rings (SSSR count). The maximum atomic E-state index is 13.2. The van der Waals surface area contributed by atoms with Crippen molar-refractivity contribution in [3.8, 4) is 17.2 Å². The quantitative estimate of drug-likeness (QED) is 0.0408. The average molecular weight is 942 g/mol. The first kappa shape index (κ1) is 52.1. The van der Waals surface area contributed by atoms with Crippen LogP contribution in [0.2, 0.25) is 0 Å². The molecule has 0 aliphatic carbocycles. The SMILES string of the molecule is COc1cc(N=Nc2cc(S(=O)(=O)O)cc3cc(S(=O)(=O)O)cc(OS(=O)(=O)c4ccccc4)c23)c(C)cc1NC(=O)Nc1ccc2c(O)cc(S(=O)(=O)O)cc2c1.[Na].[Na].[Na]. The predicted molar refractivity (Wildman–Crippen MR) is 225 cm³/mol. The maximum Gasteiger partial charge on any atom is 0.339 e. The molecule has 6 aromatic rings. The molecule has 0 saturated carbocycles. The second kappa shape index (κ2) is 20.1. The molecule has 305 valence electrons. The van der Waals surface area contributed by atoms with E-state index in [2.05, 4.69) is 20.9 Å². The zero-order chi connectivity index (χ0) is 42.4. The number of nitrogens with zero attached hydrogens (tertiary/aromatic N) is 2. The van der Waals surface area contributed by atoms with E-state index >= 15 is 0 Å². The van der Waals surface area contributed by atoms with Gasteiger partial charge in [-0.3, -0.25) is 13.7 Å². The van der Waals surface area contributed by atoms with E-state index in [-0.39, 0.29) is 138 Å². The van der Waals surface area contributed by atoms with E-state index in [9.17, 15) is 57.2 Å². The Balaban J connectivity index is 0.00000331. The van der Waals surface area contributed by atoms with E-state index in [4.69, 9.17) is 8.92 Å². The van der Waals surface area contributed by atoms with Crippen molar-refractivity contribution >= 4 is 179 Å². The zero-order valence-electron chi connectivity index (χ0n) is 32.5. The fraction of sp³-hybridized carbons (Fsp3) is 0.0571. The number of hydrogen-bond donors (Lipinski definition) is 6. The zero-order valence-corrected chi connectivity index (χ0v) is 41.8. The third-order valence-electron chi connectivity index (χ3n) is 8.26. The van der Waals surface area contributed by atoms with Crippen LogP contribution in [-0.2, 0) is 40.5 Å². The van der Waals surface area contributed by atoms with Crippen LogP contribution >= 0.6 is 0 Å². The number of rotatable bonds is 11. The number of aromatic hydroxyl groups is 1. The first-order chi connectivity index (χ1) is 27.0. The van der Waals surface area contributed by atoms with Gasteiger partial charge in [0.05, 0.1) is 44.2 Å². The number of ether oxygens (including phenoxy) is 1. The molecule has 61 heavy (non-hydrogen) atoms. The average Bonchev–Trinajstić information content (AvgIpc) is 3.13. The molecule has 0 saturated heterocycles. The van der Waals surface area contributed by atoms with Gasteiger partial charge in [0.1, 0.15) is 16.4 Å². The van der Waals surface area contributed by atoms with Gasteiger partial charge in [0.25, 0.3) is 30.4 Å². The molecule has 0 aliphatic rings. The van der Waals surface area contributed by atoms with Crippen molar-refractivity contribution in [1.82, 2.24) is 0 Å². The Bertz CT molecular complexity index is 3170. The first-order valence-corrected chi connectivity index (χ1v) is 21.8. The van der Waals surface area contributed by atoms with E-state index in [1.807, 2.05) is 0 Å². The molecule has 0 heterocycles. The van der Waals surface area contributed by atoms with Gasteiger partial charge in [-0.2, -0.15) is 38.8 Å². The second-order valence-corrected chi connectivity index (χ2v) is 18.0. The van der Waals surface area contributed by atoms with Crippen molar-refractivity contribution in [1.29, 1.82) is 0 Å². The molecular formula is C35H28N4Na3O15S4. The van der Waals surface area contributed by atoms with Crippen molar-refractivity contribution in [3.63, 3.8) is 0 Å². The normalized spacial score (nSPS) is 11.9. The number of hydrogen-bond acceptors (Lipinski definition) is 14. The van der Waals surface area contributed by atoms with Gasteiger partial charge in [-0.25, -0.2) is 4.79 Å². The Kier molecular flexibility index (Phi) is 17.2. The summed E-state index contributed by atoms with van der Waals surface area (Å²) >= 11 is 0. The van der Waals surface area contributed by atoms with Crippen LogP contribution in [0, 0.1) is 6.92 Å². The summed E-state index contributed by atoms with van der Waals surface area (Å²) in [7, 11) is -18.1. The number of nitrogens with one attached hydrogen (secondary N) is 2. The summed E-state index contributed by atoms with van der Waals surface area (Å²) in [4.78, 5) is 10.5. The Hall–Kier alpha value is -3.21. The van der Waals surface area contributed by atoms with Crippen LogP contribution in [0.15, 0.2) is 127 Å².